The molecule has 0 bridgehead atoms. The van der Waals surface area contributed by atoms with E-state index in [1.54, 1.807) is 6.07 Å². The van der Waals surface area contributed by atoms with E-state index < -0.39 is 16.0 Å². The molecule has 1 N–H and O–H groups in total. The average molecular weight is 417 g/mol. The first-order valence-corrected chi connectivity index (χ1v) is 10.6. The van der Waals surface area contributed by atoms with Crippen molar-refractivity contribution in [2.24, 2.45) is 0 Å². The lowest BCUT2D eigenvalue weighted by Gasteiger charge is -2.07. The summed E-state index contributed by atoms with van der Waals surface area (Å²) in [5.74, 6) is 0.543. The quantitative estimate of drug-likeness (QED) is 0.604. The van der Waals surface area contributed by atoms with Gasteiger partial charge in [-0.05, 0) is 43.2 Å². The lowest BCUT2D eigenvalue weighted by atomic mass is 10.1. The molecular weight excluding hydrogens is 398 g/mol. The topological polar surface area (TPSA) is 125 Å². The molecule has 9 nitrogen and oxygen atoms in total. The molecule has 2 aromatic heterocycles. The number of hydrogen-bond donors (Lipinski definition) is 1. The molecule has 1 aromatic carbocycles. The van der Waals surface area contributed by atoms with E-state index in [1.165, 1.54) is 37.4 Å². The molecule has 3 aromatic rings. The van der Waals surface area contributed by atoms with Gasteiger partial charge in [0.25, 0.3) is 15.9 Å². The van der Waals surface area contributed by atoms with Crippen molar-refractivity contribution in [3.8, 4) is 11.7 Å². The van der Waals surface area contributed by atoms with Crippen molar-refractivity contribution >= 4 is 21.7 Å². The van der Waals surface area contributed by atoms with Gasteiger partial charge < -0.3 is 13.6 Å². The molecular formula is C19H19N3O6S. The fourth-order valence-corrected chi connectivity index (χ4v) is 4.27. The predicted molar refractivity (Wildman–Crippen MR) is 102 cm³/mol. The van der Waals surface area contributed by atoms with Crippen LogP contribution in [0.5, 0.6) is 0 Å². The number of anilines is 1. The number of hydrogen-bond acceptors (Lipinski definition) is 8. The second kappa shape index (κ2) is 7.70. The summed E-state index contributed by atoms with van der Waals surface area (Å²) in [6, 6.07) is 8.72. The minimum atomic E-state index is -4.02. The van der Waals surface area contributed by atoms with Gasteiger partial charge in [-0.25, -0.2) is 4.79 Å². The number of nitrogens with one attached hydrogen (secondary N) is 1. The highest BCUT2D eigenvalue weighted by atomic mass is 32.2. The number of ether oxygens (including phenoxy) is 1. The highest BCUT2D eigenvalue weighted by Crippen LogP contribution is 2.35. The molecule has 0 aliphatic heterocycles. The number of carbonyl (C=O) groups excluding carboxylic acids is 1. The number of esters is 1. The number of methoxy groups -OCH3 is 1. The first-order valence-electron chi connectivity index (χ1n) is 9.11. The molecule has 1 aliphatic carbocycles. The molecule has 1 fully saturated rings. The Morgan fingerprint density at radius 1 is 1.14 bits per heavy atom. The molecule has 4 rings (SSSR count). The number of carbonyl (C=O) groups is 1. The van der Waals surface area contributed by atoms with Crippen LogP contribution in [0.4, 0.5) is 5.69 Å². The Morgan fingerprint density at radius 2 is 1.93 bits per heavy atom. The molecule has 10 heteroatoms. The number of rotatable bonds is 6. The van der Waals surface area contributed by atoms with Crippen LogP contribution in [0.2, 0.25) is 0 Å². The fraction of sp³-hybridized carbons (Fsp3) is 0.316. The minimum absolute atomic E-state index is 0.140. The largest absolute Gasteiger partial charge is 0.465 e. The van der Waals surface area contributed by atoms with Gasteiger partial charge in [-0.2, -0.15) is 8.42 Å². The SMILES string of the molecule is COC(=O)c1cccc(NS(=O)(=O)c2ccc(-c3nnc(C4CCCC4)o3)o2)c1. The van der Waals surface area contributed by atoms with E-state index in [4.69, 9.17) is 8.83 Å². The lowest BCUT2D eigenvalue weighted by molar-refractivity contribution is 0.0600. The smallest absolute Gasteiger partial charge is 0.337 e. The molecule has 0 radical (unpaired) electrons. The van der Waals surface area contributed by atoms with Gasteiger partial charge >= 0.3 is 5.97 Å². The molecule has 2 heterocycles. The van der Waals surface area contributed by atoms with Gasteiger partial charge in [0.05, 0.1) is 12.7 Å². The summed E-state index contributed by atoms with van der Waals surface area (Å²) in [6.07, 6.45) is 4.28. The van der Waals surface area contributed by atoms with E-state index in [0.717, 1.165) is 25.7 Å². The molecule has 1 saturated carbocycles. The third kappa shape index (κ3) is 4.02. The summed E-state index contributed by atoms with van der Waals surface area (Å²) in [6.45, 7) is 0. The summed E-state index contributed by atoms with van der Waals surface area (Å²) in [7, 11) is -2.77. The highest BCUT2D eigenvalue weighted by molar-refractivity contribution is 7.92. The van der Waals surface area contributed by atoms with Crippen LogP contribution in [-0.4, -0.2) is 31.7 Å². The molecule has 0 amide bonds. The zero-order chi connectivity index (χ0) is 20.4. The molecule has 1 aliphatic rings. The number of sulfonamides is 1. The van der Waals surface area contributed by atoms with E-state index >= 15 is 0 Å². The van der Waals surface area contributed by atoms with Crippen molar-refractivity contribution in [1.82, 2.24) is 10.2 Å². The average Bonchev–Trinajstić information content (AvgIpc) is 3.47. The normalized spacial score (nSPS) is 14.8. The number of nitrogens with zero attached hydrogens (tertiary/aromatic N) is 2. The maximum atomic E-state index is 12.6. The van der Waals surface area contributed by atoms with Gasteiger partial charge in [0.1, 0.15) is 0 Å². The molecule has 29 heavy (non-hydrogen) atoms. The van der Waals surface area contributed by atoms with Crippen molar-refractivity contribution in [2.75, 3.05) is 11.8 Å². The second-order valence-electron chi connectivity index (χ2n) is 6.72. The van der Waals surface area contributed by atoms with Gasteiger partial charge in [-0.15, -0.1) is 10.2 Å². The van der Waals surface area contributed by atoms with Crippen LogP contribution in [0, 0.1) is 0 Å². The van der Waals surface area contributed by atoms with Crippen LogP contribution >= 0.6 is 0 Å². The molecule has 0 unspecified atom stereocenters. The Morgan fingerprint density at radius 3 is 2.69 bits per heavy atom. The van der Waals surface area contributed by atoms with Gasteiger partial charge in [0.2, 0.25) is 11.0 Å². The first kappa shape index (κ1) is 19.2. The Kier molecular flexibility index (Phi) is 5.10. The summed E-state index contributed by atoms with van der Waals surface area (Å²) in [5.41, 5.74) is 0.422. The van der Waals surface area contributed by atoms with E-state index in [0.29, 0.717) is 5.89 Å². The third-order valence-electron chi connectivity index (χ3n) is 4.74. The lowest BCUT2D eigenvalue weighted by Crippen LogP contribution is -2.12. The van der Waals surface area contributed by atoms with E-state index in [1.807, 2.05) is 0 Å². The summed E-state index contributed by atoms with van der Waals surface area (Å²) >= 11 is 0. The van der Waals surface area contributed by atoms with Gasteiger partial charge in [0.15, 0.2) is 5.76 Å². The van der Waals surface area contributed by atoms with Crippen LogP contribution in [0.15, 0.2) is 50.3 Å². The second-order valence-corrected chi connectivity index (χ2v) is 8.34. The fourth-order valence-electron chi connectivity index (χ4n) is 3.28. The van der Waals surface area contributed by atoms with Crippen LogP contribution in [0.1, 0.15) is 47.8 Å². The monoisotopic (exact) mass is 417 g/mol. The summed E-state index contributed by atoms with van der Waals surface area (Å²) in [4.78, 5) is 11.6. The number of furan rings is 1. The third-order valence-corrected chi connectivity index (χ3v) is 5.99. The van der Waals surface area contributed by atoms with Crippen molar-refractivity contribution in [1.29, 1.82) is 0 Å². The molecule has 0 saturated heterocycles. The summed E-state index contributed by atoms with van der Waals surface area (Å²) < 4.78 is 43.4. The Hall–Kier alpha value is -3.14. The van der Waals surface area contributed by atoms with Crippen LogP contribution in [-0.2, 0) is 14.8 Å². The van der Waals surface area contributed by atoms with Crippen LogP contribution in [0.25, 0.3) is 11.7 Å². The minimum Gasteiger partial charge on any atom is -0.465 e. The van der Waals surface area contributed by atoms with Gasteiger partial charge in [-0.1, -0.05) is 18.9 Å². The Balaban J connectivity index is 1.53. The Bertz CT molecular complexity index is 1130. The zero-order valence-electron chi connectivity index (χ0n) is 15.6. The van der Waals surface area contributed by atoms with Crippen molar-refractivity contribution in [3.63, 3.8) is 0 Å². The van der Waals surface area contributed by atoms with Crippen LogP contribution < -0.4 is 4.72 Å². The summed E-state index contributed by atoms with van der Waals surface area (Å²) in [5, 5.41) is 7.73. The van der Waals surface area contributed by atoms with Gasteiger partial charge in [0, 0.05) is 11.6 Å². The highest BCUT2D eigenvalue weighted by Gasteiger charge is 2.25. The first-order chi connectivity index (χ1) is 14.0. The van der Waals surface area contributed by atoms with Crippen LogP contribution in [0.3, 0.4) is 0 Å². The number of aromatic nitrogens is 2. The molecule has 0 spiro atoms. The zero-order valence-corrected chi connectivity index (χ0v) is 16.4. The van der Waals surface area contributed by atoms with E-state index in [2.05, 4.69) is 19.7 Å². The van der Waals surface area contributed by atoms with Gasteiger partial charge in [-0.3, -0.25) is 4.72 Å². The maximum absolute atomic E-state index is 12.6. The maximum Gasteiger partial charge on any atom is 0.337 e. The van der Waals surface area contributed by atoms with E-state index in [9.17, 15) is 13.2 Å². The van der Waals surface area contributed by atoms with Crippen molar-refractivity contribution in [3.05, 3.63) is 47.9 Å². The molecule has 0 atom stereocenters. The van der Waals surface area contributed by atoms with E-state index in [-0.39, 0.29) is 33.9 Å². The molecule has 152 valence electrons. The standard InChI is InChI=1S/C19H19N3O6S/c1-26-19(23)13-7-4-8-14(11-13)22-29(24,25)16-10-9-15(27-16)18-21-20-17(28-18)12-5-2-3-6-12/h4,7-12,22H,2-3,5-6H2,1H3. The van der Waals surface area contributed by atoms with Crippen molar-refractivity contribution < 1.29 is 26.8 Å². The number of benzene rings is 1. The van der Waals surface area contributed by atoms with Crippen molar-refractivity contribution in [2.45, 2.75) is 36.7 Å². The predicted octanol–water partition coefficient (Wildman–Crippen LogP) is 3.57. The Labute approximate surface area is 167 Å².